The number of aliphatic hydroxyl groups is 1. The average molecular weight is 706 g/mol. The van der Waals surface area contributed by atoms with Crippen molar-refractivity contribution in [1.82, 2.24) is 5.32 Å². The summed E-state index contributed by atoms with van der Waals surface area (Å²) >= 11 is 1.70. The van der Waals surface area contributed by atoms with Crippen LogP contribution in [0.25, 0.3) is 11.1 Å². The smallest absolute Gasteiger partial charge is 0.257 e. The van der Waals surface area contributed by atoms with Crippen LogP contribution in [0.2, 0.25) is 0 Å². The van der Waals surface area contributed by atoms with E-state index in [0.29, 0.717) is 11.3 Å². The Morgan fingerprint density at radius 2 is 1.36 bits per heavy atom. The zero-order valence-corrected chi connectivity index (χ0v) is 27.5. The highest BCUT2D eigenvalue weighted by Crippen LogP contribution is 2.43. The van der Waals surface area contributed by atoms with E-state index in [-0.39, 0.29) is 31.3 Å². The van der Waals surface area contributed by atoms with Crippen molar-refractivity contribution < 1.29 is 41.3 Å². The van der Waals surface area contributed by atoms with Crippen LogP contribution in [0.4, 0.5) is 22.0 Å². The number of ether oxygens (including phenoxy) is 2. The molecule has 5 nitrogen and oxygen atoms in total. The predicted octanol–water partition coefficient (Wildman–Crippen LogP) is 9.06. The van der Waals surface area contributed by atoms with Gasteiger partial charge in [-0.3, -0.25) is 4.79 Å². The molecule has 0 radical (unpaired) electrons. The first kappa shape index (κ1) is 35.3. The van der Waals surface area contributed by atoms with Crippen molar-refractivity contribution in [1.29, 1.82) is 0 Å². The molecule has 50 heavy (non-hydrogen) atoms. The summed E-state index contributed by atoms with van der Waals surface area (Å²) < 4.78 is 82.3. The molecule has 1 amide bonds. The lowest BCUT2D eigenvalue weighted by Gasteiger charge is -2.41. The van der Waals surface area contributed by atoms with Gasteiger partial charge in [0.2, 0.25) is 5.82 Å². The first-order valence-electron chi connectivity index (χ1n) is 15.8. The number of halogens is 5. The second-order valence-corrected chi connectivity index (χ2v) is 13.0. The van der Waals surface area contributed by atoms with Crippen molar-refractivity contribution in [2.24, 2.45) is 5.92 Å². The molecule has 2 N–H and O–H groups in total. The Morgan fingerprint density at radius 1 is 0.720 bits per heavy atom. The van der Waals surface area contributed by atoms with Crippen molar-refractivity contribution in [2.75, 3.05) is 5.75 Å². The molecule has 5 aromatic rings. The fraction of sp³-hybridized carbons (Fsp3) is 0.205. The van der Waals surface area contributed by atoms with E-state index in [1.54, 1.807) is 30.0 Å². The van der Waals surface area contributed by atoms with Crippen LogP contribution in [0.3, 0.4) is 0 Å². The number of thioether (sulfide) groups is 1. The second kappa shape index (κ2) is 15.6. The summed E-state index contributed by atoms with van der Waals surface area (Å²) in [6.07, 6.45) is -1.18. The molecule has 0 aromatic heterocycles. The number of benzene rings is 5. The van der Waals surface area contributed by atoms with Gasteiger partial charge in [-0.25, -0.2) is 22.0 Å². The minimum atomic E-state index is -2.33. The van der Waals surface area contributed by atoms with Gasteiger partial charge >= 0.3 is 0 Å². The van der Waals surface area contributed by atoms with E-state index >= 15 is 0 Å². The molecule has 5 aromatic carbocycles. The number of hydrogen-bond donors (Lipinski definition) is 2. The first-order valence-corrected chi connectivity index (χ1v) is 16.8. The van der Waals surface area contributed by atoms with Crippen LogP contribution in [-0.4, -0.2) is 22.9 Å². The molecule has 4 atom stereocenters. The van der Waals surface area contributed by atoms with Crippen LogP contribution in [-0.2, 0) is 22.6 Å². The summed E-state index contributed by atoms with van der Waals surface area (Å²) in [7, 11) is 0. The fourth-order valence-corrected chi connectivity index (χ4v) is 6.89. The van der Waals surface area contributed by atoms with Crippen molar-refractivity contribution >= 4 is 17.7 Å². The molecule has 1 heterocycles. The third kappa shape index (κ3) is 7.61. The summed E-state index contributed by atoms with van der Waals surface area (Å²) in [5.41, 5.74) is 3.05. The van der Waals surface area contributed by atoms with Gasteiger partial charge in [0, 0.05) is 28.7 Å². The van der Waals surface area contributed by atoms with E-state index in [4.69, 9.17) is 9.47 Å². The molecule has 0 saturated carbocycles. The van der Waals surface area contributed by atoms with Gasteiger partial charge < -0.3 is 19.9 Å². The Hall–Kier alpha value is -4.55. The van der Waals surface area contributed by atoms with E-state index in [9.17, 15) is 31.9 Å². The SMILES string of the molecule is C[C@H]1[C@@H](CSc2ccccc2)O[C@@H](c2cccc(-c3cccc(CNC(=O)c4c(F)c(F)c(F)c(F)c4F)c3)c2)O[C@H]1c1ccc(CO)cc1. The molecule has 258 valence electrons. The van der Waals surface area contributed by atoms with Crippen molar-refractivity contribution in [2.45, 2.75) is 43.5 Å². The zero-order chi connectivity index (χ0) is 35.4. The standard InChI is InChI=1S/C39H32F5NO4S/c1-22-30(21-50-29-11-3-2-4-12-29)48-39(49-37(22)25-15-13-23(20-46)14-16-25)28-10-6-9-27(18-28)26-8-5-7-24(17-26)19-45-38(47)31-32(40)34(42)36(44)35(43)33(31)41/h2-18,22,30,37,39,46H,19-21H2,1H3,(H,45,47)/t22-,30+,37+,39+/m0/s1. The maximum absolute atomic E-state index is 14.2. The lowest BCUT2D eigenvalue weighted by molar-refractivity contribution is -0.268. The fourth-order valence-electron chi connectivity index (χ4n) is 5.81. The number of carbonyl (C=O) groups is 1. The Labute approximate surface area is 290 Å². The molecule has 1 aliphatic rings. The molecule has 0 bridgehead atoms. The van der Waals surface area contributed by atoms with Crippen molar-refractivity contribution in [3.63, 3.8) is 0 Å². The number of aliphatic hydroxyl groups excluding tert-OH is 1. The highest BCUT2D eigenvalue weighted by atomic mass is 32.2. The maximum Gasteiger partial charge on any atom is 0.257 e. The minimum Gasteiger partial charge on any atom is -0.392 e. The lowest BCUT2D eigenvalue weighted by Crippen LogP contribution is -2.38. The van der Waals surface area contributed by atoms with Crippen LogP contribution in [0.15, 0.2) is 108 Å². The normalized spacial score (nSPS) is 18.9. The van der Waals surface area contributed by atoms with Gasteiger partial charge in [-0.2, -0.15) is 0 Å². The van der Waals surface area contributed by atoms with Crippen LogP contribution in [0.5, 0.6) is 0 Å². The van der Waals surface area contributed by atoms with E-state index in [2.05, 4.69) is 24.4 Å². The van der Waals surface area contributed by atoms with Gasteiger partial charge in [0.1, 0.15) is 5.56 Å². The summed E-state index contributed by atoms with van der Waals surface area (Å²) in [5.74, 6) is -11.9. The molecule has 6 rings (SSSR count). The number of nitrogens with one attached hydrogen (secondary N) is 1. The molecule has 1 saturated heterocycles. The van der Waals surface area contributed by atoms with Gasteiger partial charge in [0.05, 0.1) is 18.8 Å². The average Bonchev–Trinajstić information content (AvgIpc) is 3.15. The molecule has 11 heteroatoms. The maximum atomic E-state index is 14.2. The van der Waals surface area contributed by atoms with E-state index in [1.165, 1.54) is 0 Å². The zero-order valence-electron chi connectivity index (χ0n) is 26.7. The molecule has 1 fully saturated rings. The van der Waals surface area contributed by atoms with Gasteiger partial charge in [0.25, 0.3) is 5.91 Å². The van der Waals surface area contributed by atoms with E-state index < -0.39 is 46.8 Å². The topological polar surface area (TPSA) is 67.8 Å². The van der Waals surface area contributed by atoms with Gasteiger partial charge in [-0.05, 0) is 52.1 Å². The number of hydrogen-bond acceptors (Lipinski definition) is 5. The molecule has 0 spiro atoms. The largest absolute Gasteiger partial charge is 0.392 e. The third-order valence-corrected chi connectivity index (χ3v) is 9.69. The Bertz CT molecular complexity index is 1950. The van der Waals surface area contributed by atoms with Crippen LogP contribution in [0, 0.1) is 35.0 Å². The number of rotatable bonds is 10. The molecule has 0 aliphatic carbocycles. The Kier molecular flexibility index (Phi) is 11.0. The highest BCUT2D eigenvalue weighted by Gasteiger charge is 2.38. The Balaban J connectivity index is 1.22. The molecular weight excluding hydrogens is 673 g/mol. The van der Waals surface area contributed by atoms with Crippen LogP contribution in [0.1, 0.15) is 51.9 Å². The van der Waals surface area contributed by atoms with Crippen molar-refractivity contribution in [3.05, 3.63) is 160 Å². The molecule has 0 unspecified atom stereocenters. The van der Waals surface area contributed by atoms with E-state index in [0.717, 1.165) is 32.7 Å². The van der Waals surface area contributed by atoms with Crippen LogP contribution >= 0.6 is 11.8 Å². The van der Waals surface area contributed by atoms with Gasteiger partial charge in [-0.15, -0.1) is 11.8 Å². The monoisotopic (exact) mass is 705 g/mol. The lowest BCUT2D eigenvalue weighted by atomic mass is 9.91. The minimum absolute atomic E-state index is 0.00218. The number of amides is 1. The van der Waals surface area contributed by atoms with Crippen molar-refractivity contribution in [3.8, 4) is 11.1 Å². The summed E-state index contributed by atoms with van der Waals surface area (Å²) in [6, 6.07) is 32.3. The predicted molar refractivity (Wildman–Crippen MR) is 179 cm³/mol. The summed E-state index contributed by atoms with van der Waals surface area (Å²) in [5, 5.41) is 11.8. The molecule has 1 aliphatic heterocycles. The Morgan fingerprint density at radius 3 is 2.04 bits per heavy atom. The quantitative estimate of drug-likeness (QED) is 0.0657. The first-order chi connectivity index (χ1) is 24.1. The van der Waals surface area contributed by atoms with Crippen LogP contribution < -0.4 is 5.32 Å². The summed E-state index contributed by atoms with van der Waals surface area (Å²) in [6.45, 7) is 1.80. The molecular formula is C39H32F5NO4S. The summed E-state index contributed by atoms with van der Waals surface area (Å²) in [4.78, 5) is 13.6. The third-order valence-electron chi connectivity index (χ3n) is 8.59. The van der Waals surface area contributed by atoms with E-state index in [1.807, 2.05) is 72.8 Å². The van der Waals surface area contributed by atoms with Gasteiger partial charge in [-0.1, -0.05) is 85.8 Å². The number of carbonyl (C=O) groups excluding carboxylic acids is 1. The highest BCUT2D eigenvalue weighted by molar-refractivity contribution is 7.99. The van der Waals surface area contributed by atoms with Gasteiger partial charge in [0.15, 0.2) is 29.6 Å². The second-order valence-electron chi connectivity index (χ2n) is 11.9.